The largest absolute Gasteiger partial charge is 0.493 e. The lowest BCUT2D eigenvalue weighted by atomic mass is 10.1. The first-order chi connectivity index (χ1) is 22.5. The fraction of sp³-hybridized carbons (Fsp3) is 0.235. The summed E-state index contributed by atoms with van der Waals surface area (Å²) in [6, 6.07) is 16.8. The Morgan fingerprint density at radius 1 is 0.957 bits per heavy atom. The Labute approximate surface area is 269 Å². The van der Waals surface area contributed by atoms with Crippen molar-refractivity contribution in [2.24, 2.45) is 5.73 Å². The lowest BCUT2D eigenvalue weighted by molar-refractivity contribution is -0.150. The number of hydrogen-bond donors (Lipinski definition) is 2. The highest BCUT2D eigenvalue weighted by molar-refractivity contribution is 6.05. The molecule has 0 saturated heterocycles. The van der Waals surface area contributed by atoms with E-state index in [9.17, 15) is 14.4 Å². The molecular formula is C34H34FN5O7. The van der Waals surface area contributed by atoms with Crippen LogP contribution in [0, 0.1) is 12.7 Å². The van der Waals surface area contributed by atoms with E-state index in [4.69, 9.17) is 24.7 Å². The first-order valence-corrected chi connectivity index (χ1v) is 14.7. The number of carbonyl (C=O) groups is 2. The zero-order chi connectivity index (χ0) is 33.8. The van der Waals surface area contributed by atoms with Crippen LogP contribution in [0.4, 0.5) is 10.1 Å². The molecule has 0 saturated carbocycles. The third kappa shape index (κ3) is 6.79. The summed E-state index contributed by atoms with van der Waals surface area (Å²) < 4.78 is 40.3. The second-order valence-corrected chi connectivity index (χ2v) is 10.8. The summed E-state index contributed by atoms with van der Waals surface area (Å²) >= 11 is 0. The third-order valence-corrected chi connectivity index (χ3v) is 7.36. The van der Waals surface area contributed by atoms with Gasteiger partial charge in [-0.2, -0.15) is 0 Å². The molecule has 0 bridgehead atoms. The summed E-state index contributed by atoms with van der Waals surface area (Å²) in [7, 11) is 3.01. The summed E-state index contributed by atoms with van der Waals surface area (Å²) in [6.45, 7) is 4.84. The molecule has 2 heterocycles. The zero-order valence-electron chi connectivity index (χ0n) is 26.4. The summed E-state index contributed by atoms with van der Waals surface area (Å²) in [5.74, 6) is -0.941. The van der Waals surface area contributed by atoms with Gasteiger partial charge in [0.1, 0.15) is 23.5 Å². The Hall–Kier alpha value is -5.69. The van der Waals surface area contributed by atoms with Crippen molar-refractivity contribution in [2.45, 2.75) is 39.5 Å². The number of hydrogen-bond acceptors (Lipinski definition) is 9. The topological polar surface area (TPSA) is 149 Å². The number of fused-ring (bicyclic) bond motifs is 1. The van der Waals surface area contributed by atoms with Gasteiger partial charge < -0.3 is 30.0 Å². The van der Waals surface area contributed by atoms with Crippen molar-refractivity contribution in [1.82, 2.24) is 14.3 Å². The van der Waals surface area contributed by atoms with Crippen LogP contribution in [0.25, 0.3) is 16.6 Å². The number of methoxy groups -OCH3 is 2. The van der Waals surface area contributed by atoms with Gasteiger partial charge in [-0.3, -0.25) is 24.0 Å². The molecule has 5 rings (SSSR count). The number of nitrogens with two attached hydrogens (primary N) is 1. The number of aromatic nitrogens is 3. The van der Waals surface area contributed by atoms with Crippen LogP contribution in [0.5, 0.6) is 23.0 Å². The minimum atomic E-state index is -0.824. The highest BCUT2D eigenvalue weighted by Crippen LogP contribution is 2.37. The van der Waals surface area contributed by atoms with E-state index in [0.717, 1.165) is 6.07 Å². The number of nitrogens with one attached hydrogen (secondary N) is 1. The summed E-state index contributed by atoms with van der Waals surface area (Å²) in [5.41, 5.74) is 6.34. The molecule has 0 aliphatic rings. The fourth-order valence-electron chi connectivity index (χ4n) is 5.05. The number of carbonyl (C=O) groups excluding carboxylic acids is 2. The molecule has 0 spiro atoms. The second-order valence-electron chi connectivity index (χ2n) is 10.8. The summed E-state index contributed by atoms with van der Waals surface area (Å²) in [4.78, 5) is 43.7. The number of esters is 1. The highest BCUT2D eigenvalue weighted by atomic mass is 19.1. The number of benzene rings is 3. The van der Waals surface area contributed by atoms with E-state index in [1.165, 1.54) is 44.2 Å². The van der Waals surface area contributed by atoms with Crippen LogP contribution in [-0.2, 0) is 16.1 Å². The number of para-hydroxylation sites is 1. The van der Waals surface area contributed by atoms with Crippen molar-refractivity contribution in [3.05, 3.63) is 100 Å². The molecule has 0 aliphatic heterocycles. The molecule has 244 valence electrons. The van der Waals surface area contributed by atoms with E-state index >= 15 is 4.39 Å². The van der Waals surface area contributed by atoms with Crippen LogP contribution in [0.2, 0.25) is 0 Å². The van der Waals surface area contributed by atoms with Gasteiger partial charge in [0.25, 0.3) is 11.5 Å². The van der Waals surface area contributed by atoms with Gasteiger partial charge in [-0.1, -0.05) is 18.2 Å². The average Bonchev–Trinajstić information content (AvgIpc) is 3.29. The van der Waals surface area contributed by atoms with Crippen LogP contribution >= 0.6 is 0 Å². The molecular weight excluding hydrogens is 609 g/mol. The number of amides is 1. The number of pyridine rings is 1. The number of nitrogens with zero attached hydrogens (tertiary/aromatic N) is 3. The maximum absolute atomic E-state index is 15.3. The quantitative estimate of drug-likeness (QED) is 0.190. The van der Waals surface area contributed by atoms with E-state index in [0.29, 0.717) is 39.5 Å². The summed E-state index contributed by atoms with van der Waals surface area (Å²) in [6.07, 6.45) is 0.850. The maximum Gasteiger partial charge on any atom is 0.322 e. The molecule has 0 radical (unpaired) electrons. The van der Waals surface area contributed by atoms with Gasteiger partial charge in [0, 0.05) is 29.4 Å². The van der Waals surface area contributed by atoms with Crippen LogP contribution < -0.4 is 30.8 Å². The van der Waals surface area contributed by atoms with Crippen LogP contribution in [0.1, 0.15) is 29.9 Å². The Bertz CT molecular complexity index is 2010. The Morgan fingerprint density at radius 3 is 2.32 bits per heavy atom. The minimum Gasteiger partial charge on any atom is -0.493 e. The smallest absolute Gasteiger partial charge is 0.322 e. The standard InChI is InChI=1S/C34H34FN5O7/c1-19(46-34(43)20(2)36)18-39-21(3)31(33(42)40(39)23-9-7-6-8-10-23)32(41)38-22-11-12-28(25(35)15-22)47-27-13-14-37-26-17-30(45-5)29(44-4)16-24(26)27/h6-17,19-20H,18,36H2,1-5H3,(H,38,41). The number of halogens is 1. The molecule has 12 nitrogen and oxygen atoms in total. The van der Waals surface area contributed by atoms with Gasteiger partial charge >= 0.3 is 5.97 Å². The Kier molecular flexibility index (Phi) is 9.56. The molecule has 2 aromatic heterocycles. The van der Waals surface area contributed by atoms with Crippen LogP contribution in [0.3, 0.4) is 0 Å². The predicted octanol–water partition coefficient (Wildman–Crippen LogP) is 4.98. The van der Waals surface area contributed by atoms with Gasteiger partial charge in [-0.05, 0) is 57.2 Å². The molecule has 2 unspecified atom stereocenters. The molecule has 3 aromatic carbocycles. The summed E-state index contributed by atoms with van der Waals surface area (Å²) in [5, 5.41) is 3.19. The number of rotatable bonds is 11. The number of ether oxygens (including phenoxy) is 4. The molecule has 0 aliphatic carbocycles. The van der Waals surface area contributed by atoms with E-state index in [2.05, 4.69) is 10.3 Å². The predicted molar refractivity (Wildman–Crippen MR) is 173 cm³/mol. The van der Waals surface area contributed by atoms with Crippen molar-refractivity contribution >= 4 is 28.5 Å². The Morgan fingerprint density at radius 2 is 1.66 bits per heavy atom. The molecule has 13 heteroatoms. The monoisotopic (exact) mass is 643 g/mol. The lowest BCUT2D eigenvalue weighted by Crippen LogP contribution is -2.34. The van der Waals surface area contributed by atoms with Crippen molar-refractivity contribution < 1.29 is 32.9 Å². The molecule has 5 aromatic rings. The molecule has 2 atom stereocenters. The second kappa shape index (κ2) is 13.7. The third-order valence-electron chi connectivity index (χ3n) is 7.36. The van der Waals surface area contributed by atoms with Crippen LogP contribution in [0.15, 0.2) is 77.7 Å². The minimum absolute atomic E-state index is 0.0602. The molecule has 47 heavy (non-hydrogen) atoms. The first kappa shape index (κ1) is 32.7. The highest BCUT2D eigenvalue weighted by Gasteiger charge is 2.26. The lowest BCUT2D eigenvalue weighted by Gasteiger charge is -2.19. The van der Waals surface area contributed by atoms with Gasteiger partial charge in [0.05, 0.1) is 37.7 Å². The van der Waals surface area contributed by atoms with Crippen molar-refractivity contribution in [1.29, 1.82) is 0 Å². The Balaban J connectivity index is 1.42. The van der Waals surface area contributed by atoms with E-state index in [1.807, 2.05) is 0 Å². The van der Waals surface area contributed by atoms with Crippen molar-refractivity contribution in [3.8, 4) is 28.7 Å². The molecule has 3 N–H and O–H groups in total. The van der Waals surface area contributed by atoms with Crippen molar-refractivity contribution in [2.75, 3.05) is 19.5 Å². The van der Waals surface area contributed by atoms with Gasteiger partial charge in [0.2, 0.25) is 0 Å². The molecule has 1 amide bonds. The average molecular weight is 644 g/mol. The molecule has 0 fully saturated rings. The SMILES string of the molecule is COc1cc2nccc(Oc3ccc(NC(=O)c4c(C)n(CC(C)OC(=O)C(C)N)n(-c5ccccc5)c4=O)cc3F)c2cc1OC. The van der Waals surface area contributed by atoms with Gasteiger partial charge in [-0.15, -0.1) is 0 Å². The van der Waals surface area contributed by atoms with E-state index in [-0.39, 0.29) is 23.5 Å². The first-order valence-electron chi connectivity index (χ1n) is 14.7. The normalized spacial score (nSPS) is 12.3. The van der Waals surface area contributed by atoms with E-state index < -0.39 is 35.4 Å². The van der Waals surface area contributed by atoms with Gasteiger partial charge in [0.15, 0.2) is 23.1 Å². The zero-order valence-corrected chi connectivity index (χ0v) is 26.4. The van der Waals surface area contributed by atoms with Gasteiger partial charge in [-0.25, -0.2) is 9.07 Å². The van der Waals surface area contributed by atoms with Crippen LogP contribution in [-0.4, -0.2) is 52.6 Å². The number of anilines is 1. The van der Waals surface area contributed by atoms with E-state index in [1.54, 1.807) is 67.1 Å². The van der Waals surface area contributed by atoms with Crippen molar-refractivity contribution in [3.63, 3.8) is 0 Å². The maximum atomic E-state index is 15.3. The fourth-order valence-corrected chi connectivity index (χ4v) is 5.05.